The van der Waals surface area contributed by atoms with Gasteiger partial charge in [-0.2, -0.15) is 0 Å². The molecule has 3 unspecified atom stereocenters. The molecule has 108 valence electrons. The van der Waals surface area contributed by atoms with Gasteiger partial charge in [-0.15, -0.1) is 11.3 Å². The first-order valence-electron chi connectivity index (χ1n) is 7.47. The van der Waals surface area contributed by atoms with E-state index in [4.69, 9.17) is 4.74 Å². The van der Waals surface area contributed by atoms with Crippen LogP contribution in [-0.4, -0.2) is 19.3 Å². The monoisotopic (exact) mass is 281 g/mol. The number of ether oxygens (including phenoxy) is 1. The van der Waals surface area contributed by atoms with Crippen LogP contribution in [-0.2, 0) is 4.74 Å². The van der Waals surface area contributed by atoms with Gasteiger partial charge in [0.25, 0.3) is 0 Å². The summed E-state index contributed by atoms with van der Waals surface area (Å²) in [6.07, 6.45) is 4.96. The number of hydrogen-bond donors (Lipinski definition) is 1. The highest BCUT2D eigenvalue weighted by molar-refractivity contribution is 7.10. The van der Waals surface area contributed by atoms with Crippen molar-refractivity contribution >= 4 is 11.3 Å². The summed E-state index contributed by atoms with van der Waals surface area (Å²) in [6.45, 7) is 7.46. The van der Waals surface area contributed by atoms with E-state index in [0.29, 0.717) is 6.04 Å². The van der Waals surface area contributed by atoms with Crippen LogP contribution < -0.4 is 5.32 Å². The fraction of sp³-hybridized carbons (Fsp3) is 0.750. The highest BCUT2D eigenvalue weighted by Crippen LogP contribution is 2.44. The highest BCUT2D eigenvalue weighted by Gasteiger charge is 2.43. The summed E-state index contributed by atoms with van der Waals surface area (Å²) in [5, 5.41) is 5.82. The standard InChI is InChI=1S/C16H27NOS/c1-5-18-16(8-6-7-12(2)10-16)15(17-4)14-9-13(3)19-11-14/h9,11-12,15,17H,5-8,10H2,1-4H3. The molecule has 0 aromatic carbocycles. The Morgan fingerprint density at radius 3 is 2.89 bits per heavy atom. The molecule has 3 atom stereocenters. The highest BCUT2D eigenvalue weighted by atomic mass is 32.1. The van der Waals surface area contributed by atoms with E-state index in [1.54, 1.807) is 0 Å². The maximum atomic E-state index is 6.30. The van der Waals surface area contributed by atoms with E-state index in [2.05, 4.69) is 44.6 Å². The molecule has 1 saturated carbocycles. The molecule has 1 aliphatic rings. The zero-order valence-corrected chi connectivity index (χ0v) is 13.5. The van der Waals surface area contributed by atoms with Crippen LogP contribution in [0.25, 0.3) is 0 Å². The van der Waals surface area contributed by atoms with Crippen molar-refractivity contribution in [2.24, 2.45) is 5.92 Å². The number of thiophene rings is 1. The molecule has 1 N–H and O–H groups in total. The van der Waals surface area contributed by atoms with Crippen molar-refractivity contribution in [1.29, 1.82) is 0 Å². The van der Waals surface area contributed by atoms with Crippen LogP contribution in [0.5, 0.6) is 0 Å². The lowest BCUT2D eigenvalue weighted by atomic mass is 9.73. The van der Waals surface area contributed by atoms with E-state index in [1.165, 1.54) is 36.1 Å². The van der Waals surface area contributed by atoms with Gasteiger partial charge in [-0.05, 0) is 56.7 Å². The van der Waals surface area contributed by atoms with E-state index < -0.39 is 0 Å². The molecule has 0 aliphatic heterocycles. The van der Waals surface area contributed by atoms with Crippen LogP contribution >= 0.6 is 11.3 Å². The van der Waals surface area contributed by atoms with Gasteiger partial charge in [0, 0.05) is 11.5 Å². The lowest BCUT2D eigenvalue weighted by Crippen LogP contribution is -2.48. The Labute approximate surface area is 121 Å². The summed E-state index contributed by atoms with van der Waals surface area (Å²) in [5.41, 5.74) is 1.38. The van der Waals surface area contributed by atoms with Gasteiger partial charge in [-0.3, -0.25) is 0 Å². The zero-order chi connectivity index (χ0) is 13.9. The smallest absolute Gasteiger partial charge is 0.0878 e. The van der Waals surface area contributed by atoms with Crippen LogP contribution in [0, 0.1) is 12.8 Å². The van der Waals surface area contributed by atoms with E-state index in [-0.39, 0.29) is 5.60 Å². The summed E-state index contributed by atoms with van der Waals surface area (Å²) in [4.78, 5) is 1.38. The Kier molecular flexibility index (Phi) is 5.04. The van der Waals surface area contributed by atoms with Gasteiger partial charge in [-0.25, -0.2) is 0 Å². The molecule has 3 heteroatoms. The summed E-state index contributed by atoms with van der Waals surface area (Å²) >= 11 is 1.83. The van der Waals surface area contributed by atoms with Gasteiger partial charge in [0.15, 0.2) is 0 Å². The molecule has 1 aliphatic carbocycles. The molecule has 2 rings (SSSR count). The minimum Gasteiger partial charge on any atom is -0.373 e. The van der Waals surface area contributed by atoms with E-state index in [1.807, 2.05) is 11.3 Å². The second-order valence-corrected chi connectivity index (χ2v) is 7.03. The van der Waals surface area contributed by atoms with Crippen LogP contribution in [0.3, 0.4) is 0 Å². The molecule has 0 spiro atoms. The Balaban J connectivity index is 2.29. The van der Waals surface area contributed by atoms with E-state index in [0.717, 1.165) is 12.5 Å². The molecule has 0 amide bonds. The third kappa shape index (κ3) is 3.21. The fourth-order valence-electron chi connectivity index (χ4n) is 3.66. The number of hydrogen-bond acceptors (Lipinski definition) is 3. The first-order valence-corrected chi connectivity index (χ1v) is 8.35. The van der Waals surface area contributed by atoms with Crippen LogP contribution in [0.15, 0.2) is 11.4 Å². The summed E-state index contributed by atoms with van der Waals surface area (Å²) in [7, 11) is 2.07. The van der Waals surface area contributed by atoms with Gasteiger partial charge in [-0.1, -0.05) is 19.8 Å². The van der Waals surface area contributed by atoms with Gasteiger partial charge in [0.05, 0.1) is 11.6 Å². The Bertz CT molecular complexity index is 399. The predicted octanol–water partition coefficient (Wildman–Crippen LogP) is 4.30. The largest absolute Gasteiger partial charge is 0.373 e. The first kappa shape index (κ1) is 15.0. The third-order valence-electron chi connectivity index (χ3n) is 4.32. The third-order valence-corrected chi connectivity index (χ3v) is 5.20. The summed E-state index contributed by atoms with van der Waals surface area (Å²) in [6, 6.07) is 2.63. The van der Waals surface area contributed by atoms with Crippen LogP contribution in [0.4, 0.5) is 0 Å². The molecule has 1 aromatic rings. The van der Waals surface area contributed by atoms with Crippen molar-refractivity contribution in [3.05, 3.63) is 21.9 Å². The SMILES string of the molecule is CCOC1(C(NC)c2csc(C)c2)CCCC(C)C1. The molecule has 19 heavy (non-hydrogen) atoms. The van der Waals surface area contributed by atoms with Crippen molar-refractivity contribution in [1.82, 2.24) is 5.32 Å². The Morgan fingerprint density at radius 2 is 2.37 bits per heavy atom. The fourth-order valence-corrected chi connectivity index (χ4v) is 4.39. The average Bonchev–Trinajstić information content (AvgIpc) is 2.77. The van der Waals surface area contributed by atoms with Crippen molar-refractivity contribution in [2.75, 3.05) is 13.7 Å². The molecule has 1 aromatic heterocycles. The van der Waals surface area contributed by atoms with Gasteiger partial charge < -0.3 is 10.1 Å². The first-order chi connectivity index (χ1) is 9.11. The second kappa shape index (κ2) is 6.38. The topological polar surface area (TPSA) is 21.3 Å². The molecular weight excluding hydrogens is 254 g/mol. The number of nitrogens with one attached hydrogen (secondary N) is 1. The number of aryl methyl sites for hydroxylation is 1. The Hall–Kier alpha value is -0.380. The maximum absolute atomic E-state index is 6.30. The van der Waals surface area contributed by atoms with Gasteiger partial charge >= 0.3 is 0 Å². The van der Waals surface area contributed by atoms with Gasteiger partial charge in [0.1, 0.15) is 0 Å². The minimum atomic E-state index is -0.0192. The van der Waals surface area contributed by atoms with Crippen LogP contribution in [0.1, 0.15) is 56.0 Å². The number of likely N-dealkylation sites (N-methyl/N-ethyl adjacent to an activating group) is 1. The zero-order valence-electron chi connectivity index (χ0n) is 12.7. The molecular formula is C16H27NOS. The van der Waals surface area contributed by atoms with Crippen molar-refractivity contribution in [3.63, 3.8) is 0 Å². The van der Waals surface area contributed by atoms with E-state index in [9.17, 15) is 0 Å². The predicted molar refractivity (Wildman–Crippen MR) is 82.8 cm³/mol. The number of rotatable bonds is 5. The average molecular weight is 281 g/mol. The molecule has 0 saturated heterocycles. The molecule has 0 radical (unpaired) electrons. The molecule has 1 fully saturated rings. The van der Waals surface area contributed by atoms with Gasteiger partial charge in [0.2, 0.25) is 0 Å². The van der Waals surface area contributed by atoms with E-state index >= 15 is 0 Å². The van der Waals surface area contributed by atoms with Crippen molar-refractivity contribution < 1.29 is 4.74 Å². The second-order valence-electron chi connectivity index (χ2n) is 5.91. The summed E-state index contributed by atoms with van der Waals surface area (Å²) < 4.78 is 6.30. The lowest BCUT2D eigenvalue weighted by Gasteiger charge is -2.45. The lowest BCUT2D eigenvalue weighted by molar-refractivity contribution is -0.100. The summed E-state index contributed by atoms with van der Waals surface area (Å²) in [5.74, 6) is 0.760. The van der Waals surface area contributed by atoms with Crippen molar-refractivity contribution in [2.45, 2.75) is 58.1 Å². The maximum Gasteiger partial charge on any atom is 0.0878 e. The normalized spacial score (nSPS) is 29.4. The van der Waals surface area contributed by atoms with Crippen LogP contribution in [0.2, 0.25) is 0 Å². The quantitative estimate of drug-likeness (QED) is 0.868. The minimum absolute atomic E-state index is 0.0192. The Morgan fingerprint density at radius 1 is 1.58 bits per heavy atom. The molecule has 0 bridgehead atoms. The molecule has 2 nitrogen and oxygen atoms in total. The molecule has 1 heterocycles. The van der Waals surface area contributed by atoms with Crippen molar-refractivity contribution in [3.8, 4) is 0 Å².